The number of amides is 1. The third kappa shape index (κ3) is 3.09. The van der Waals surface area contributed by atoms with E-state index in [1.807, 2.05) is 0 Å². The molecular formula is C11H13Cl2FN2O. The zero-order chi connectivity index (χ0) is 11.7. The standard InChI is InChI=1S/C11H12ClFN2O.ClH/c12-7-1-2-9(10(13)5-7)11(16)15-4-3-8(14)6-15;/h1-2,5,8H,3-4,6,14H2;1H/t8-;/m1./s1. The molecule has 1 aromatic carbocycles. The summed E-state index contributed by atoms with van der Waals surface area (Å²) in [6.45, 7) is 1.07. The van der Waals surface area contributed by atoms with Crippen molar-refractivity contribution >= 4 is 29.9 Å². The predicted octanol–water partition coefficient (Wildman–Crippen LogP) is 2.07. The highest BCUT2D eigenvalue weighted by Gasteiger charge is 2.26. The Balaban J connectivity index is 0.00000144. The van der Waals surface area contributed by atoms with Gasteiger partial charge in [-0.1, -0.05) is 11.6 Å². The van der Waals surface area contributed by atoms with Gasteiger partial charge in [0.05, 0.1) is 5.56 Å². The van der Waals surface area contributed by atoms with E-state index in [-0.39, 0.29) is 34.9 Å². The summed E-state index contributed by atoms with van der Waals surface area (Å²) >= 11 is 5.62. The fraction of sp³-hybridized carbons (Fsp3) is 0.364. The van der Waals surface area contributed by atoms with Gasteiger partial charge < -0.3 is 10.6 Å². The van der Waals surface area contributed by atoms with Crippen LogP contribution in [0.4, 0.5) is 4.39 Å². The summed E-state index contributed by atoms with van der Waals surface area (Å²) in [6, 6.07) is 4.06. The van der Waals surface area contributed by atoms with E-state index in [9.17, 15) is 9.18 Å². The Hall–Kier alpha value is -0.840. The van der Waals surface area contributed by atoms with Gasteiger partial charge in [-0.25, -0.2) is 4.39 Å². The first-order valence-electron chi connectivity index (χ1n) is 5.08. The summed E-state index contributed by atoms with van der Waals surface area (Å²) in [5, 5.41) is 0.284. The molecule has 0 aromatic heterocycles. The van der Waals surface area contributed by atoms with Crippen molar-refractivity contribution in [3.05, 3.63) is 34.6 Å². The molecule has 1 fully saturated rings. The van der Waals surface area contributed by atoms with E-state index in [1.54, 1.807) is 4.90 Å². The van der Waals surface area contributed by atoms with Crippen LogP contribution < -0.4 is 5.73 Å². The monoisotopic (exact) mass is 278 g/mol. The van der Waals surface area contributed by atoms with Crippen LogP contribution in [0.3, 0.4) is 0 Å². The molecule has 0 saturated carbocycles. The van der Waals surface area contributed by atoms with Crippen molar-refractivity contribution in [2.75, 3.05) is 13.1 Å². The van der Waals surface area contributed by atoms with Crippen molar-refractivity contribution in [1.82, 2.24) is 4.90 Å². The lowest BCUT2D eigenvalue weighted by atomic mass is 10.2. The first-order valence-corrected chi connectivity index (χ1v) is 5.45. The molecule has 1 aromatic rings. The smallest absolute Gasteiger partial charge is 0.256 e. The summed E-state index contributed by atoms with van der Waals surface area (Å²) in [4.78, 5) is 13.5. The molecule has 1 aliphatic rings. The zero-order valence-electron chi connectivity index (χ0n) is 9.03. The third-order valence-corrected chi connectivity index (χ3v) is 2.91. The Morgan fingerprint density at radius 3 is 2.76 bits per heavy atom. The van der Waals surface area contributed by atoms with Crippen molar-refractivity contribution in [2.45, 2.75) is 12.5 Å². The molecule has 1 heterocycles. The van der Waals surface area contributed by atoms with E-state index in [4.69, 9.17) is 17.3 Å². The first-order chi connectivity index (χ1) is 7.58. The number of halogens is 3. The largest absolute Gasteiger partial charge is 0.337 e. The van der Waals surface area contributed by atoms with Gasteiger partial charge >= 0.3 is 0 Å². The predicted molar refractivity (Wildman–Crippen MR) is 67.2 cm³/mol. The molecule has 0 radical (unpaired) electrons. The third-order valence-electron chi connectivity index (χ3n) is 2.67. The minimum atomic E-state index is -0.585. The van der Waals surface area contributed by atoms with Crippen LogP contribution in [-0.4, -0.2) is 29.9 Å². The van der Waals surface area contributed by atoms with E-state index < -0.39 is 5.82 Å². The topological polar surface area (TPSA) is 46.3 Å². The highest BCUT2D eigenvalue weighted by atomic mass is 35.5. The molecular weight excluding hydrogens is 266 g/mol. The molecule has 3 nitrogen and oxygen atoms in total. The first kappa shape index (κ1) is 14.2. The lowest BCUT2D eigenvalue weighted by Crippen LogP contribution is -2.32. The van der Waals surface area contributed by atoms with Gasteiger partial charge in [-0.2, -0.15) is 0 Å². The van der Waals surface area contributed by atoms with Crippen molar-refractivity contribution in [3.63, 3.8) is 0 Å². The van der Waals surface area contributed by atoms with Gasteiger partial charge in [-0.15, -0.1) is 12.4 Å². The molecule has 1 aliphatic heterocycles. The maximum absolute atomic E-state index is 13.5. The van der Waals surface area contributed by atoms with Gasteiger partial charge in [0, 0.05) is 24.2 Å². The van der Waals surface area contributed by atoms with Crippen LogP contribution in [0.5, 0.6) is 0 Å². The number of hydrogen-bond acceptors (Lipinski definition) is 2. The summed E-state index contributed by atoms with van der Waals surface area (Å²) in [7, 11) is 0. The SMILES string of the molecule is Cl.N[C@@H]1CCN(C(=O)c2ccc(Cl)cc2F)C1. The number of likely N-dealkylation sites (tertiary alicyclic amines) is 1. The van der Waals surface area contributed by atoms with E-state index in [1.165, 1.54) is 12.1 Å². The molecule has 2 rings (SSSR count). The van der Waals surface area contributed by atoms with E-state index in [0.29, 0.717) is 13.1 Å². The Bertz CT molecular complexity index is 428. The van der Waals surface area contributed by atoms with Crippen LogP contribution in [0.1, 0.15) is 16.8 Å². The second-order valence-corrected chi connectivity index (χ2v) is 4.36. The van der Waals surface area contributed by atoms with Gasteiger partial charge in [0.15, 0.2) is 0 Å². The maximum atomic E-state index is 13.5. The van der Waals surface area contributed by atoms with Crippen LogP contribution in [0, 0.1) is 5.82 Å². The van der Waals surface area contributed by atoms with E-state index >= 15 is 0 Å². The molecule has 2 N–H and O–H groups in total. The van der Waals surface area contributed by atoms with E-state index in [2.05, 4.69) is 0 Å². The van der Waals surface area contributed by atoms with Gasteiger partial charge in [0.1, 0.15) is 5.82 Å². The number of hydrogen-bond donors (Lipinski definition) is 1. The number of nitrogens with zero attached hydrogens (tertiary/aromatic N) is 1. The Morgan fingerprint density at radius 1 is 1.53 bits per heavy atom. The summed E-state index contributed by atoms with van der Waals surface area (Å²) < 4.78 is 13.5. The second-order valence-electron chi connectivity index (χ2n) is 3.92. The average Bonchev–Trinajstić information content (AvgIpc) is 2.64. The quantitative estimate of drug-likeness (QED) is 0.855. The van der Waals surface area contributed by atoms with Crippen molar-refractivity contribution in [1.29, 1.82) is 0 Å². The lowest BCUT2D eigenvalue weighted by Gasteiger charge is -2.16. The van der Waals surface area contributed by atoms with Crippen LogP contribution >= 0.6 is 24.0 Å². The molecule has 17 heavy (non-hydrogen) atoms. The zero-order valence-corrected chi connectivity index (χ0v) is 10.6. The second kappa shape index (κ2) is 5.67. The number of nitrogens with two attached hydrogens (primary N) is 1. The lowest BCUT2D eigenvalue weighted by molar-refractivity contribution is 0.0786. The molecule has 1 saturated heterocycles. The Kier molecular flexibility index (Phi) is 4.74. The summed E-state index contributed by atoms with van der Waals surface area (Å²) in [5.74, 6) is -0.903. The highest BCUT2D eigenvalue weighted by molar-refractivity contribution is 6.30. The van der Waals surface area contributed by atoms with E-state index in [0.717, 1.165) is 12.5 Å². The number of carbonyl (C=O) groups excluding carboxylic acids is 1. The number of carbonyl (C=O) groups is 1. The van der Waals surface area contributed by atoms with Crippen LogP contribution in [0.2, 0.25) is 5.02 Å². The average molecular weight is 279 g/mol. The van der Waals surface area contributed by atoms with Crippen molar-refractivity contribution in [2.24, 2.45) is 5.73 Å². The maximum Gasteiger partial charge on any atom is 0.256 e. The number of rotatable bonds is 1. The highest BCUT2D eigenvalue weighted by Crippen LogP contribution is 2.18. The molecule has 0 unspecified atom stereocenters. The molecule has 6 heteroatoms. The van der Waals surface area contributed by atoms with Crippen molar-refractivity contribution in [3.8, 4) is 0 Å². The van der Waals surface area contributed by atoms with Gasteiger partial charge in [-0.05, 0) is 24.6 Å². The minimum Gasteiger partial charge on any atom is -0.337 e. The molecule has 0 aliphatic carbocycles. The summed E-state index contributed by atoms with van der Waals surface area (Å²) in [5.41, 5.74) is 5.75. The van der Waals surface area contributed by atoms with Crippen molar-refractivity contribution < 1.29 is 9.18 Å². The van der Waals surface area contributed by atoms with Gasteiger partial charge in [0.2, 0.25) is 0 Å². The fourth-order valence-corrected chi connectivity index (χ4v) is 1.96. The summed E-state index contributed by atoms with van der Waals surface area (Å²) in [6.07, 6.45) is 0.765. The Labute approximate surface area is 110 Å². The minimum absolute atomic E-state index is 0. The molecule has 0 spiro atoms. The fourth-order valence-electron chi connectivity index (χ4n) is 1.81. The van der Waals surface area contributed by atoms with Crippen LogP contribution in [0.15, 0.2) is 18.2 Å². The van der Waals surface area contributed by atoms with Crippen LogP contribution in [0.25, 0.3) is 0 Å². The molecule has 1 amide bonds. The number of benzene rings is 1. The molecule has 94 valence electrons. The molecule has 1 atom stereocenters. The van der Waals surface area contributed by atoms with Gasteiger partial charge in [0.25, 0.3) is 5.91 Å². The van der Waals surface area contributed by atoms with Crippen LogP contribution in [-0.2, 0) is 0 Å². The van der Waals surface area contributed by atoms with Gasteiger partial charge in [-0.3, -0.25) is 4.79 Å². The normalized spacial score (nSPS) is 19.0. The molecule has 0 bridgehead atoms. The Morgan fingerprint density at radius 2 is 2.24 bits per heavy atom.